The molecule has 0 aliphatic rings. The van der Waals surface area contributed by atoms with Gasteiger partial charge in [0.05, 0.1) is 11.8 Å². The summed E-state index contributed by atoms with van der Waals surface area (Å²) in [5.74, 6) is -1.10. The fourth-order valence-corrected chi connectivity index (χ4v) is 0.823. The van der Waals surface area contributed by atoms with E-state index in [9.17, 15) is 9.18 Å². The lowest BCUT2D eigenvalue weighted by atomic mass is 10.2. The number of hydrogen-bond acceptors (Lipinski definition) is 3. The first-order valence-electron chi connectivity index (χ1n) is 3.69. The van der Waals surface area contributed by atoms with Crippen LogP contribution in [-0.2, 0) is 0 Å². The zero-order valence-corrected chi connectivity index (χ0v) is 7.41. The van der Waals surface area contributed by atoms with Gasteiger partial charge >= 0.3 is 0 Å². The van der Waals surface area contributed by atoms with Gasteiger partial charge in [-0.25, -0.2) is 9.40 Å². The molecule has 0 bridgehead atoms. The number of aromatic nitrogens is 1. The summed E-state index contributed by atoms with van der Waals surface area (Å²) in [6, 6.07) is 1.33. The molecule has 1 N–H and O–H groups in total. The van der Waals surface area contributed by atoms with Crippen LogP contribution >= 0.6 is 0 Å². The summed E-state index contributed by atoms with van der Waals surface area (Å²) in [4.78, 5) is 14.8. The van der Waals surface area contributed by atoms with Gasteiger partial charge in [0, 0.05) is 20.3 Å². The zero-order valence-electron chi connectivity index (χ0n) is 7.41. The van der Waals surface area contributed by atoms with Crippen molar-refractivity contribution in [3.05, 3.63) is 29.8 Å². The van der Waals surface area contributed by atoms with Gasteiger partial charge in [0.25, 0.3) is 5.91 Å². The molecule has 0 fully saturated rings. The van der Waals surface area contributed by atoms with Crippen molar-refractivity contribution in [3.63, 3.8) is 0 Å². The lowest BCUT2D eigenvalue weighted by Gasteiger charge is -2.11. The fourth-order valence-electron chi connectivity index (χ4n) is 0.823. The van der Waals surface area contributed by atoms with Gasteiger partial charge < -0.3 is 0 Å². The molecule has 1 amide bonds. The van der Waals surface area contributed by atoms with Crippen LogP contribution in [0.5, 0.6) is 0 Å². The summed E-state index contributed by atoms with van der Waals surface area (Å²) < 4.78 is 12.9. The van der Waals surface area contributed by atoms with E-state index in [1.165, 1.54) is 17.3 Å². The number of nitrogens with zero attached hydrogens (tertiary/aromatic N) is 2. The number of hydrazine groups is 1. The molecule has 1 rings (SSSR count). The van der Waals surface area contributed by atoms with E-state index in [0.29, 0.717) is 0 Å². The number of pyridine rings is 1. The third-order valence-electron chi connectivity index (χ3n) is 1.34. The summed E-state index contributed by atoms with van der Waals surface area (Å²) in [6.45, 7) is 0. The van der Waals surface area contributed by atoms with Crippen molar-refractivity contribution < 1.29 is 9.18 Å². The van der Waals surface area contributed by atoms with Crippen LogP contribution in [0.3, 0.4) is 0 Å². The third-order valence-corrected chi connectivity index (χ3v) is 1.34. The van der Waals surface area contributed by atoms with Crippen LogP contribution in [0.4, 0.5) is 4.39 Å². The topological polar surface area (TPSA) is 45.2 Å². The van der Waals surface area contributed by atoms with E-state index in [2.05, 4.69) is 10.4 Å². The zero-order chi connectivity index (χ0) is 9.84. The predicted octanol–water partition coefficient (Wildman–Crippen LogP) is 0.427. The van der Waals surface area contributed by atoms with Gasteiger partial charge in [0.2, 0.25) is 0 Å². The first-order chi connectivity index (χ1) is 6.11. The molecule has 0 aromatic carbocycles. The normalized spacial score (nSPS) is 10.2. The highest BCUT2D eigenvalue weighted by atomic mass is 19.1. The highest BCUT2D eigenvalue weighted by Gasteiger charge is 2.10. The monoisotopic (exact) mass is 183 g/mol. The van der Waals surface area contributed by atoms with Crippen LogP contribution in [0, 0.1) is 5.82 Å². The summed E-state index contributed by atoms with van der Waals surface area (Å²) in [7, 11) is 3.30. The first kappa shape index (κ1) is 9.60. The molecule has 0 atom stereocenters. The standard InChI is InChI=1S/C8H10FN3O/c1-12(2)11-8(13)6-3-4-10-5-7(6)9/h3-5H,1-2H3,(H,11,13). The molecule has 0 aliphatic carbocycles. The van der Waals surface area contributed by atoms with Crippen molar-refractivity contribution in [2.75, 3.05) is 14.1 Å². The molecule has 13 heavy (non-hydrogen) atoms. The van der Waals surface area contributed by atoms with Crippen LogP contribution in [0.2, 0.25) is 0 Å². The van der Waals surface area contributed by atoms with Crippen LogP contribution in [0.1, 0.15) is 10.4 Å². The Labute approximate surface area is 75.4 Å². The van der Waals surface area contributed by atoms with E-state index in [-0.39, 0.29) is 5.56 Å². The maximum atomic E-state index is 12.9. The molecule has 1 aromatic rings. The third kappa shape index (κ3) is 2.48. The Morgan fingerprint density at radius 3 is 2.85 bits per heavy atom. The molecular formula is C8H10FN3O. The Balaban J connectivity index is 2.83. The van der Waals surface area contributed by atoms with Crippen LogP contribution in [0.25, 0.3) is 0 Å². The van der Waals surface area contributed by atoms with Gasteiger partial charge in [-0.2, -0.15) is 0 Å². The summed E-state index contributed by atoms with van der Waals surface area (Å²) in [6.07, 6.45) is 2.37. The minimum absolute atomic E-state index is 0.0105. The van der Waals surface area contributed by atoms with E-state index >= 15 is 0 Å². The van der Waals surface area contributed by atoms with E-state index in [4.69, 9.17) is 0 Å². The lowest BCUT2D eigenvalue weighted by molar-refractivity contribution is 0.0852. The molecule has 0 saturated heterocycles. The number of nitrogens with one attached hydrogen (secondary N) is 1. The number of rotatable bonds is 2. The fraction of sp³-hybridized carbons (Fsp3) is 0.250. The number of halogens is 1. The molecule has 0 saturated carbocycles. The Morgan fingerprint density at radius 1 is 1.62 bits per heavy atom. The summed E-state index contributed by atoms with van der Waals surface area (Å²) >= 11 is 0. The molecular weight excluding hydrogens is 173 g/mol. The number of carbonyl (C=O) groups is 1. The molecule has 4 nitrogen and oxygen atoms in total. The average molecular weight is 183 g/mol. The molecule has 5 heteroatoms. The van der Waals surface area contributed by atoms with Gasteiger partial charge in [0.1, 0.15) is 0 Å². The maximum Gasteiger partial charge on any atom is 0.268 e. The maximum absolute atomic E-state index is 12.9. The first-order valence-corrected chi connectivity index (χ1v) is 3.69. The summed E-state index contributed by atoms with van der Waals surface area (Å²) in [5.41, 5.74) is 2.42. The van der Waals surface area contributed by atoms with Crippen LogP contribution in [0.15, 0.2) is 18.5 Å². The minimum Gasteiger partial charge on any atom is -0.285 e. The number of amides is 1. The van der Waals surface area contributed by atoms with Crippen molar-refractivity contribution in [2.24, 2.45) is 0 Å². The summed E-state index contributed by atoms with van der Waals surface area (Å²) in [5, 5.41) is 1.45. The van der Waals surface area contributed by atoms with Gasteiger partial charge in [-0.15, -0.1) is 0 Å². The molecule has 1 aromatic heterocycles. The van der Waals surface area contributed by atoms with Crippen LogP contribution < -0.4 is 5.43 Å². The van der Waals surface area contributed by atoms with Crippen molar-refractivity contribution in [2.45, 2.75) is 0 Å². The Hall–Kier alpha value is -1.49. The second-order valence-electron chi connectivity index (χ2n) is 2.69. The average Bonchev–Trinajstić information content (AvgIpc) is 2.03. The van der Waals surface area contributed by atoms with E-state index in [1.807, 2.05) is 0 Å². The van der Waals surface area contributed by atoms with E-state index in [0.717, 1.165) is 6.20 Å². The molecule has 1 heterocycles. The smallest absolute Gasteiger partial charge is 0.268 e. The minimum atomic E-state index is -0.623. The van der Waals surface area contributed by atoms with Gasteiger partial charge in [-0.1, -0.05) is 0 Å². The molecule has 0 spiro atoms. The van der Waals surface area contributed by atoms with Crippen LogP contribution in [-0.4, -0.2) is 30.0 Å². The lowest BCUT2D eigenvalue weighted by Crippen LogP contribution is -2.36. The quantitative estimate of drug-likeness (QED) is 0.676. The largest absolute Gasteiger partial charge is 0.285 e. The van der Waals surface area contributed by atoms with Crippen molar-refractivity contribution in [1.29, 1.82) is 0 Å². The number of hydrogen-bond donors (Lipinski definition) is 1. The Morgan fingerprint density at radius 2 is 2.31 bits per heavy atom. The van der Waals surface area contributed by atoms with Gasteiger partial charge in [-0.05, 0) is 6.07 Å². The molecule has 70 valence electrons. The Kier molecular flexibility index (Phi) is 2.92. The van der Waals surface area contributed by atoms with E-state index < -0.39 is 11.7 Å². The SMILES string of the molecule is CN(C)NC(=O)c1ccncc1F. The Bertz CT molecular complexity index is 314. The molecule has 0 aliphatic heterocycles. The van der Waals surface area contributed by atoms with Crippen molar-refractivity contribution in [1.82, 2.24) is 15.4 Å². The highest BCUT2D eigenvalue weighted by Crippen LogP contribution is 2.03. The second-order valence-corrected chi connectivity index (χ2v) is 2.69. The van der Waals surface area contributed by atoms with E-state index in [1.54, 1.807) is 14.1 Å². The highest BCUT2D eigenvalue weighted by molar-refractivity contribution is 5.93. The number of carbonyl (C=O) groups excluding carboxylic acids is 1. The predicted molar refractivity (Wildman–Crippen MR) is 45.3 cm³/mol. The van der Waals surface area contributed by atoms with Crippen molar-refractivity contribution >= 4 is 5.91 Å². The molecule has 0 unspecified atom stereocenters. The van der Waals surface area contributed by atoms with Gasteiger partial charge in [-0.3, -0.25) is 15.2 Å². The second kappa shape index (κ2) is 3.95. The van der Waals surface area contributed by atoms with Crippen molar-refractivity contribution in [3.8, 4) is 0 Å². The molecule has 0 radical (unpaired) electrons. The van der Waals surface area contributed by atoms with Gasteiger partial charge in [0.15, 0.2) is 5.82 Å².